The lowest BCUT2D eigenvalue weighted by Gasteiger charge is -2.21. The summed E-state index contributed by atoms with van der Waals surface area (Å²) in [6.45, 7) is 1.91. The number of furan rings is 1. The van der Waals surface area contributed by atoms with Crippen molar-refractivity contribution in [2.75, 3.05) is 12.4 Å². The van der Waals surface area contributed by atoms with Gasteiger partial charge in [-0.25, -0.2) is 19.9 Å². The zero-order chi connectivity index (χ0) is 20.7. The Labute approximate surface area is 172 Å². The second kappa shape index (κ2) is 7.22. The van der Waals surface area contributed by atoms with E-state index in [4.69, 9.17) is 9.15 Å². The first-order valence-electron chi connectivity index (χ1n) is 9.62. The van der Waals surface area contributed by atoms with Crippen LogP contribution in [0.25, 0.3) is 10.9 Å². The first kappa shape index (κ1) is 18.2. The molecule has 1 aromatic carbocycles. The van der Waals surface area contributed by atoms with Gasteiger partial charge in [-0.3, -0.25) is 10.1 Å². The second-order valence-electron chi connectivity index (χ2n) is 7.24. The second-order valence-corrected chi connectivity index (χ2v) is 7.24. The summed E-state index contributed by atoms with van der Waals surface area (Å²) in [5, 5.41) is 3.98. The molecule has 1 atom stereocenters. The van der Waals surface area contributed by atoms with E-state index in [0.717, 1.165) is 28.1 Å². The minimum Gasteiger partial charge on any atom is -0.497 e. The van der Waals surface area contributed by atoms with Gasteiger partial charge in [-0.05, 0) is 37.3 Å². The third kappa shape index (κ3) is 3.26. The number of ketones is 1. The van der Waals surface area contributed by atoms with Crippen molar-refractivity contribution in [2.24, 2.45) is 0 Å². The van der Waals surface area contributed by atoms with E-state index >= 15 is 0 Å². The maximum Gasteiger partial charge on any atom is 0.230 e. The summed E-state index contributed by atoms with van der Waals surface area (Å²) in [5.41, 5.74) is 2.86. The smallest absolute Gasteiger partial charge is 0.230 e. The van der Waals surface area contributed by atoms with E-state index in [-0.39, 0.29) is 11.7 Å². The molecule has 0 fully saturated rings. The Kier molecular flexibility index (Phi) is 4.39. The number of carbonyl (C=O) groups excluding carboxylic acids is 1. The van der Waals surface area contributed by atoms with E-state index in [1.54, 1.807) is 19.6 Å². The summed E-state index contributed by atoms with van der Waals surface area (Å²) < 4.78 is 10.8. The highest BCUT2D eigenvalue weighted by Crippen LogP contribution is 2.32. The fraction of sp³-hybridized carbons (Fsp3) is 0.227. The minimum absolute atomic E-state index is 0.0168. The predicted octanol–water partition coefficient (Wildman–Crippen LogP) is 3.99. The van der Waals surface area contributed by atoms with E-state index < -0.39 is 0 Å². The van der Waals surface area contributed by atoms with Crippen LogP contribution in [-0.4, -0.2) is 32.8 Å². The summed E-state index contributed by atoms with van der Waals surface area (Å²) in [4.78, 5) is 30.5. The number of benzene rings is 1. The van der Waals surface area contributed by atoms with Crippen LogP contribution in [0.4, 0.5) is 11.9 Å². The molecule has 0 amide bonds. The number of fused-ring (bicyclic) bond motifs is 2. The largest absolute Gasteiger partial charge is 0.497 e. The molecule has 30 heavy (non-hydrogen) atoms. The van der Waals surface area contributed by atoms with Crippen molar-refractivity contribution < 1.29 is 13.9 Å². The molecule has 0 unspecified atom stereocenters. The van der Waals surface area contributed by atoms with Gasteiger partial charge in [0.15, 0.2) is 5.78 Å². The van der Waals surface area contributed by atoms with Gasteiger partial charge in [0.25, 0.3) is 0 Å². The number of Topliss-reactive ketones (excluding diaryl/α,β-unsaturated/α-hetero) is 1. The molecule has 4 aromatic rings. The van der Waals surface area contributed by atoms with Crippen LogP contribution in [0.1, 0.15) is 39.8 Å². The van der Waals surface area contributed by atoms with Crippen LogP contribution in [0.2, 0.25) is 0 Å². The van der Waals surface area contributed by atoms with Crippen molar-refractivity contribution >= 4 is 28.6 Å². The molecule has 1 aliphatic rings. The summed E-state index contributed by atoms with van der Waals surface area (Å²) in [6, 6.07) is 9.37. The molecule has 5 rings (SSSR count). The number of hydrogen-bond donors (Lipinski definition) is 1. The van der Waals surface area contributed by atoms with Crippen molar-refractivity contribution in [1.29, 1.82) is 0 Å². The number of ether oxygens (including phenoxy) is 1. The van der Waals surface area contributed by atoms with Crippen LogP contribution in [0.5, 0.6) is 5.75 Å². The summed E-state index contributed by atoms with van der Waals surface area (Å²) in [7, 11) is 1.63. The number of rotatable bonds is 4. The zero-order valence-corrected chi connectivity index (χ0v) is 16.5. The van der Waals surface area contributed by atoms with Gasteiger partial charge in [0.1, 0.15) is 11.5 Å². The van der Waals surface area contributed by atoms with Crippen molar-refractivity contribution in [2.45, 2.75) is 25.7 Å². The standard InChI is InChI=1S/C22H19N5O3/c1-12-15-10-14(29-2)5-6-17(15)25-22(24-12)27-21-23-11-16-18(26-21)8-13(9-19(16)28)20-4-3-7-30-20/h3-7,10-11,13H,8-9H2,1-2H3,(H,23,24,25,26,27)/t13-/m0/s1. The first-order chi connectivity index (χ1) is 14.6. The molecule has 0 saturated carbocycles. The number of nitrogens with zero attached hydrogens (tertiary/aromatic N) is 4. The number of nitrogens with one attached hydrogen (secondary N) is 1. The van der Waals surface area contributed by atoms with Gasteiger partial charge in [0.05, 0.1) is 35.8 Å². The van der Waals surface area contributed by atoms with Crippen LogP contribution in [-0.2, 0) is 6.42 Å². The van der Waals surface area contributed by atoms with E-state index in [9.17, 15) is 4.79 Å². The molecule has 3 aromatic heterocycles. The molecule has 1 aliphatic carbocycles. The van der Waals surface area contributed by atoms with Gasteiger partial charge in [0, 0.05) is 30.3 Å². The quantitative estimate of drug-likeness (QED) is 0.548. The molecular formula is C22H19N5O3. The normalized spacial score (nSPS) is 15.8. The summed E-state index contributed by atoms with van der Waals surface area (Å²) in [6.07, 6.45) is 4.21. The van der Waals surface area contributed by atoms with Crippen LogP contribution in [0.3, 0.4) is 0 Å². The third-order valence-electron chi connectivity index (χ3n) is 5.30. The van der Waals surface area contributed by atoms with Crippen LogP contribution >= 0.6 is 0 Å². The van der Waals surface area contributed by atoms with Crippen molar-refractivity contribution in [3.05, 3.63) is 65.5 Å². The average Bonchev–Trinajstić information content (AvgIpc) is 3.28. The number of carbonyl (C=O) groups is 1. The molecule has 1 N–H and O–H groups in total. The minimum atomic E-state index is -0.0168. The molecule has 3 heterocycles. The fourth-order valence-electron chi connectivity index (χ4n) is 3.77. The monoisotopic (exact) mass is 401 g/mol. The molecular weight excluding hydrogens is 382 g/mol. The molecule has 8 nitrogen and oxygen atoms in total. The number of aromatic nitrogens is 4. The number of hydrogen-bond acceptors (Lipinski definition) is 8. The Bertz CT molecular complexity index is 1250. The lowest BCUT2D eigenvalue weighted by molar-refractivity contribution is 0.0958. The first-order valence-corrected chi connectivity index (χ1v) is 9.62. The van der Waals surface area contributed by atoms with E-state index in [0.29, 0.717) is 36.0 Å². The van der Waals surface area contributed by atoms with Gasteiger partial charge >= 0.3 is 0 Å². The molecule has 150 valence electrons. The third-order valence-corrected chi connectivity index (χ3v) is 5.30. The molecule has 0 radical (unpaired) electrons. The fourth-order valence-corrected chi connectivity index (χ4v) is 3.77. The Morgan fingerprint density at radius 2 is 2.03 bits per heavy atom. The SMILES string of the molecule is COc1ccc2nc(Nc3ncc4c(n3)C[C@H](c3ccco3)CC4=O)nc(C)c2c1. The highest BCUT2D eigenvalue weighted by molar-refractivity contribution is 5.98. The topological polar surface area (TPSA) is 103 Å². The van der Waals surface area contributed by atoms with Gasteiger partial charge in [-0.15, -0.1) is 0 Å². The summed E-state index contributed by atoms with van der Waals surface area (Å²) >= 11 is 0. The molecule has 0 aliphatic heterocycles. The molecule has 0 saturated heterocycles. The molecule has 0 bridgehead atoms. The number of methoxy groups -OCH3 is 1. The lowest BCUT2D eigenvalue weighted by Crippen LogP contribution is -2.21. The van der Waals surface area contributed by atoms with Crippen LogP contribution in [0, 0.1) is 6.92 Å². The zero-order valence-electron chi connectivity index (χ0n) is 16.5. The van der Waals surface area contributed by atoms with E-state index in [1.807, 2.05) is 37.3 Å². The number of aryl methyl sites for hydroxylation is 1. The van der Waals surface area contributed by atoms with Gasteiger partial charge in [0.2, 0.25) is 11.9 Å². The van der Waals surface area contributed by atoms with E-state index in [2.05, 4.69) is 25.3 Å². The summed E-state index contributed by atoms with van der Waals surface area (Å²) in [5.74, 6) is 2.31. The van der Waals surface area contributed by atoms with Gasteiger partial charge in [-0.2, -0.15) is 0 Å². The maximum atomic E-state index is 12.5. The van der Waals surface area contributed by atoms with Crippen LogP contribution in [0.15, 0.2) is 47.2 Å². The molecule has 0 spiro atoms. The highest BCUT2D eigenvalue weighted by atomic mass is 16.5. The van der Waals surface area contributed by atoms with Crippen molar-refractivity contribution in [1.82, 2.24) is 19.9 Å². The van der Waals surface area contributed by atoms with Crippen molar-refractivity contribution in [3.63, 3.8) is 0 Å². The lowest BCUT2D eigenvalue weighted by atomic mass is 9.85. The maximum absolute atomic E-state index is 12.5. The van der Waals surface area contributed by atoms with Gasteiger partial charge in [-0.1, -0.05) is 0 Å². The number of anilines is 2. The predicted molar refractivity (Wildman–Crippen MR) is 110 cm³/mol. The Balaban J connectivity index is 1.45. The Hall–Kier alpha value is -3.81. The molecule has 8 heteroatoms. The highest BCUT2D eigenvalue weighted by Gasteiger charge is 2.29. The Morgan fingerprint density at radius 1 is 1.13 bits per heavy atom. The van der Waals surface area contributed by atoms with Gasteiger partial charge < -0.3 is 9.15 Å². The van der Waals surface area contributed by atoms with Crippen molar-refractivity contribution in [3.8, 4) is 5.75 Å². The van der Waals surface area contributed by atoms with Crippen LogP contribution < -0.4 is 10.1 Å². The average molecular weight is 401 g/mol. The van der Waals surface area contributed by atoms with E-state index in [1.165, 1.54) is 0 Å². The Morgan fingerprint density at radius 3 is 2.83 bits per heavy atom.